The second-order valence-corrected chi connectivity index (χ2v) is 10.3. The minimum Gasteiger partial charge on any atom is -0.397 e. The molecule has 2 unspecified atom stereocenters. The average Bonchev–Trinajstić information content (AvgIpc) is 3.31. The van der Waals surface area contributed by atoms with Crippen molar-refractivity contribution in [3.63, 3.8) is 0 Å². The second kappa shape index (κ2) is 11.5. The molecule has 36 heavy (non-hydrogen) atoms. The lowest BCUT2D eigenvalue weighted by Crippen LogP contribution is -2.31. The number of hydrogen-bond acceptors (Lipinski definition) is 4. The molecule has 1 aliphatic heterocycles. The highest BCUT2D eigenvalue weighted by Crippen LogP contribution is 2.35. The van der Waals surface area contributed by atoms with E-state index in [0.29, 0.717) is 24.0 Å². The molecular formula is C29H31BrN4O2. The Balaban J connectivity index is 1.45. The summed E-state index contributed by atoms with van der Waals surface area (Å²) >= 11 is 3.46. The molecule has 0 saturated carbocycles. The SMILES string of the molecule is CC(C)N1CC(C(=O)Nc2cccc(Br)c2)C(c2ccc(C=CC(=O)Nc3ccccc3N)cc2)C1. The van der Waals surface area contributed by atoms with Gasteiger partial charge in [0.15, 0.2) is 0 Å². The van der Waals surface area contributed by atoms with Gasteiger partial charge in [0.2, 0.25) is 11.8 Å². The molecule has 1 heterocycles. The molecule has 186 valence electrons. The summed E-state index contributed by atoms with van der Waals surface area (Å²) < 4.78 is 0.927. The normalized spacial score (nSPS) is 18.0. The number of rotatable bonds is 7. The molecular weight excluding hydrogens is 516 g/mol. The third-order valence-corrected chi connectivity index (χ3v) is 7.01. The fourth-order valence-corrected chi connectivity index (χ4v) is 4.87. The number of carbonyl (C=O) groups is 2. The quantitative estimate of drug-likeness (QED) is 0.260. The van der Waals surface area contributed by atoms with E-state index in [1.165, 1.54) is 6.08 Å². The number of anilines is 3. The van der Waals surface area contributed by atoms with Crippen LogP contribution in [0.5, 0.6) is 0 Å². The zero-order valence-corrected chi connectivity index (χ0v) is 22.0. The first kappa shape index (κ1) is 25.7. The smallest absolute Gasteiger partial charge is 0.248 e. The Labute approximate surface area is 220 Å². The molecule has 1 saturated heterocycles. The molecule has 3 aromatic rings. The topological polar surface area (TPSA) is 87.5 Å². The number of halogens is 1. The molecule has 2 atom stereocenters. The highest BCUT2D eigenvalue weighted by Gasteiger charge is 2.39. The third-order valence-electron chi connectivity index (χ3n) is 6.52. The fraction of sp³-hybridized carbons (Fsp3) is 0.241. The predicted molar refractivity (Wildman–Crippen MR) is 151 cm³/mol. The zero-order chi connectivity index (χ0) is 25.7. The van der Waals surface area contributed by atoms with E-state index < -0.39 is 0 Å². The number of benzene rings is 3. The van der Waals surface area contributed by atoms with Gasteiger partial charge in [0.25, 0.3) is 0 Å². The lowest BCUT2D eigenvalue weighted by molar-refractivity contribution is -0.120. The van der Waals surface area contributed by atoms with E-state index in [0.717, 1.165) is 27.8 Å². The largest absolute Gasteiger partial charge is 0.397 e. The molecule has 0 aromatic heterocycles. The molecule has 0 bridgehead atoms. The molecule has 4 rings (SSSR count). The van der Waals surface area contributed by atoms with E-state index in [1.54, 1.807) is 18.2 Å². The van der Waals surface area contributed by atoms with Gasteiger partial charge >= 0.3 is 0 Å². The van der Waals surface area contributed by atoms with E-state index in [9.17, 15) is 9.59 Å². The van der Waals surface area contributed by atoms with Gasteiger partial charge in [-0.3, -0.25) is 14.5 Å². The van der Waals surface area contributed by atoms with Crippen LogP contribution in [0.3, 0.4) is 0 Å². The van der Waals surface area contributed by atoms with E-state index >= 15 is 0 Å². The number of hydrogen-bond donors (Lipinski definition) is 3. The molecule has 6 nitrogen and oxygen atoms in total. The van der Waals surface area contributed by atoms with Gasteiger partial charge < -0.3 is 16.4 Å². The number of nitrogens with two attached hydrogens (primary N) is 1. The van der Waals surface area contributed by atoms with Crippen molar-refractivity contribution in [2.45, 2.75) is 25.8 Å². The molecule has 0 spiro atoms. The summed E-state index contributed by atoms with van der Waals surface area (Å²) in [7, 11) is 0. The molecule has 0 radical (unpaired) electrons. The lowest BCUT2D eigenvalue weighted by atomic mass is 9.88. The summed E-state index contributed by atoms with van der Waals surface area (Å²) in [6.07, 6.45) is 3.26. The van der Waals surface area contributed by atoms with Crippen molar-refractivity contribution in [2.24, 2.45) is 5.92 Å². The number of likely N-dealkylation sites (tertiary alicyclic amines) is 1. The summed E-state index contributed by atoms with van der Waals surface area (Å²) in [6, 6.07) is 23.2. The summed E-state index contributed by atoms with van der Waals surface area (Å²) in [5.74, 6) is -0.288. The van der Waals surface area contributed by atoms with Crippen molar-refractivity contribution >= 4 is 50.9 Å². The van der Waals surface area contributed by atoms with Crippen LogP contribution < -0.4 is 16.4 Å². The maximum atomic E-state index is 13.3. The molecule has 4 N–H and O–H groups in total. The maximum Gasteiger partial charge on any atom is 0.248 e. The lowest BCUT2D eigenvalue weighted by Gasteiger charge is -2.20. The van der Waals surface area contributed by atoms with Crippen LogP contribution in [0.15, 0.2) is 83.3 Å². The summed E-state index contributed by atoms with van der Waals surface area (Å²) in [5.41, 5.74) is 9.81. The van der Waals surface area contributed by atoms with Gasteiger partial charge in [-0.2, -0.15) is 0 Å². The van der Waals surface area contributed by atoms with E-state index in [4.69, 9.17) is 5.73 Å². The number of nitrogens with one attached hydrogen (secondary N) is 2. The molecule has 7 heteroatoms. The third kappa shape index (κ3) is 6.42. The summed E-state index contributed by atoms with van der Waals surface area (Å²) in [6.45, 7) is 5.86. The monoisotopic (exact) mass is 546 g/mol. The van der Waals surface area contributed by atoms with Crippen LogP contribution in [0.25, 0.3) is 6.08 Å². The minimum absolute atomic E-state index is 0.0297. The van der Waals surface area contributed by atoms with Gasteiger partial charge in [-0.25, -0.2) is 0 Å². The first-order chi connectivity index (χ1) is 17.3. The molecule has 3 aromatic carbocycles. The van der Waals surface area contributed by atoms with Gasteiger partial charge in [0.05, 0.1) is 17.3 Å². The number of amides is 2. The van der Waals surface area contributed by atoms with Crippen LogP contribution in [0.1, 0.15) is 30.9 Å². The minimum atomic E-state index is -0.246. The van der Waals surface area contributed by atoms with Crippen LogP contribution >= 0.6 is 15.9 Å². The average molecular weight is 547 g/mol. The van der Waals surface area contributed by atoms with Crippen molar-refractivity contribution < 1.29 is 9.59 Å². The van der Waals surface area contributed by atoms with Gasteiger partial charge in [0.1, 0.15) is 0 Å². The van der Waals surface area contributed by atoms with Crippen LogP contribution in [0.2, 0.25) is 0 Å². The van der Waals surface area contributed by atoms with Crippen molar-refractivity contribution in [1.82, 2.24) is 4.90 Å². The number of para-hydroxylation sites is 2. The number of nitrogens with zero attached hydrogens (tertiary/aromatic N) is 1. The summed E-state index contributed by atoms with van der Waals surface area (Å²) in [5, 5.41) is 5.88. The Bertz CT molecular complexity index is 1260. The van der Waals surface area contributed by atoms with Crippen LogP contribution in [-0.4, -0.2) is 35.8 Å². The van der Waals surface area contributed by atoms with E-state index in [2.05, 4.69) is 57.4 Å². The highest BCUT2D eigenvalue weighted by molar-refractivity contribution is 9.10. The maximum absolute atomic E-state index is 13.3. The van der Waals surface area contributed by atoms with Crippen LogP contribution in [-0.2, 0) is 9.59 Å². The highest BCUT2D eigenvalue weighted by atomic mass is 79.9. The van der Waals surface area contributed by atoms with Gasteiger partial charge in [-0.05, 0) is 61.4 Å². The van der Waals surface area contributed by atoms with Crippen LogP contribution in [0.4, 0.5) is 17.1 Å². The van der Waals surface area contributed by atoms with Crippen molar-refractivity contribution in [1.29, 1.82) is 0 Å². The van der Waals surface area contributed by atoms with E-state index in [-0.39, 0.29) is 23.7 Å². The number of nitrogen functional groups attached to an aromatic ring is 1. The van der Waals surface area contributed by atoms with Crippen molar-refractivity contribution in [2.75, 3.05) is 29.5 Å². The molecule has 2 amide bonds. The van der Waals surface area contributed by atoms with Crippen LogP contribution in [0, 0.1) is 5.92 Å². The number of carbonyl (C=O) groups excluding carboxylic acids is 2. The first-order valence-corrected chi connectivity index (χ1v) is 12.8. The summed E-state index contributed by atoms with van der Waals surface area (Å²) in [4.78, 5) is 27.9. The standard InChI is InChI=1S/C29H31BrN4O2/c1-19(2)34-17-24(25(18-34)29(36)32-23-7-5-6-22(30)16-23)21-13-10-20(11-14-21)12-15-28(35)33-27-9-4-3-8-26(27)31/h3-16,19,24-25H,17-18,31H2,1-2H3,(H,32,36)(H,33,35). The molecule has 1 aliphatic rings. The van der Waals surface area contributed by atoms with E-state index in [1.807, 2.05) is 48.5 Å². The Morgan fingerprint density at radius 1 is 1.00 bits per heavy atom. The Morgan fingerprint density at radius 3 is 2.44 bits per heavy atom. The molecule has 0 aliphatic carbocycles. The Kier molecular flexibility index (Phi) is 8.23. The fourth-order valence-electron chi connectivity index (χ4n) is 4.47. The second-order valence-electron chi connectivity index (χ2n) is 9.34. The van der Waals surface area contributed by atoms with Gasteiger partial charge in [-0.15, -0.1) is 0 Å². The van der Waals surface area contributed by atoms with Gasteiger partial charge in [0, 0.05) is 41.3 Å². The Morgan fingerprint density at radius 2 is 1.75 bits per heavy atom. The Hall–Kier alpha value is -3.42. The van der Waals surface area contributed by atoms with Crippen molar-refractivity contribution in [3.8, 4) is 0 Å². The first-order valence-electron chi connectivity index (χ1n) is 12.0. The molecule has 1 fully saturated rings. The van der Waals surface area contributed by atoms with Gasteiger partial charge in [-0.1, -0.05) is 58.4 Å². The predicted octanol–water partition coefficient (Wildman–Crippen LogP) is 5.75. The van der Waals surface area contributed by atoms with Crippen molar-refractivity contribution in [3.05, 3.63) is 94.5 Å². The zero-order valence-electron chi connectivity index (χ0n) is 20.4.